The van der Waals surface area contributed by atoms with E-state index in [4.69, 9.17) is 5.73 Å². The molecule has 1 saturated carbocycles. The number of imide groups is 1. The van der Waals surface area contributed by atoms with Crippen LogP contribution >= 0.6 is 7.60 Å². The van der Waals surface area contributed by atoms with Crippen molar-refractivity contribution in [1.82, 2.24) is 45.2 Å². The number of nitrogens with one attached hydrogen (secondary N) is 5. The van der Waals surface area contributed by atoms with Gasteiger partial charge in [-0.1, -0.05) is 31.0 Å². The average molecular weight is 1160 g/mol. The summed E-state index contributed by atoms with van der Waals surface area (Å²) in [6, 6.07) is 12.4. The molecular weight excluding hydrogens is 1090 g/mol. The van der Waals surface area contributed by atoms with E-state index in [-0.39, 0.29) is 72.9 Å². The van der Waals surface area contributed by atoms with Crippen LogP contribution in [0.2, 0.25) is 0 Å². The number of sulfone groups is 1. The number of amides is 7. The Kier molecular flexibility index (Phi) is 17.3. The Morgan fingerprint density at radius 2 is 1.57 bits per heavy atom. The average Bonchev–Trinajstić information content (AvgIpc) is 4.14. The molecule has 0 radical (unpaired) electrons. The van der Waals surface area contributed by atoms with Crippen molar-refractivity contribution in [3.8, 4) is 0 Å². The number of nitrogens with two attached hydrogens (primary N) is 1. The zero-order valence-corrected chi connectivity index (χ0v) is 46.6. The van der Waals surface area contributed by atoms with Gasteiger partial charge in [0.05, 0.1) is 15.9 Å². The predicted molar refractivity (Wildman–Crippen MR) is 295 cm³/mol. The Balaban J connectivity index is 0.874. The Morgan fingerprint density at radius 3 is 2.26 bits per heavy atom. The van der Waals surface area contributed by atoms with Gasteiger partial charge in [-0.05, 0) is 136 Å². The molecule has 3 aliphatic heterocycles. The largest absolute Gasteiger partial charge is 0.396 e. The number of fused-ring (bicyclic) bond motifs is 3. The quantitative estimate of drug-likeness (QED) is 0.0434. The lowest BCUT2D eigenvalue weighted by molar-refractivity contribution is -0.144. The van der Waals surface area contributed by atoms with Crippen LogP contribution in [0.5, 0.6) is 0 Å². The number of benzene rings is 3. The number of piperidine rings is 1. The van der Waals surface area contributed by atoms with Gasteiger partial charge < -0.3 is 46.3 Å². The summed E-state index contributed by atoms with van der Waals surface area (Å²) in [5.74, 6) is -3.26. The van der Waals surface area contributed by atoms with Crippen molar-refractivity contribution in [2.75, 3.05) is 25.9 Å². The summed E-state index contributed by atoms with van der Waals surface area (Å²) in [7, 11) is -6.89. The van der Waals surface area contributed by atoms with Gasteiger partial charge in [-0.2, -0.15) is 0 Å². The summed E-state index contributed by atoms with van der Waals surface area (Å²) < 4.78 is 38.7. The van der Waals surface area contributed by atoms with E-state index in [1.807, 2.05) is 18.2 Å². The number of H-pyrrole nitrogens is 1. The van der Waals surface area contributed by atoms with Crippen LogP contribution in [0.1, 0.15) is 115 Å². The number of carbonyl (C=O) groups is 8. The Hall–Kier alpha value is -7.31. The monoisotopic (exact) mass is 1150 g/mol. The molecule has 5 atom stereocenters. The molecule has 1 aliphatic carbocycles. The third-order valence-electron chi connectivity index (χ3n) is 16.4. The number of aromatic nitrogens is 3. The van der Waals surface area contributed by atoms with Gasteiger partial charge in [0, 0.05) is 68.3 Å². The molecule has 0 spiro atoms. The molecule has 432 valence electrons. The Bertz CT molecular complexity index is 3540. The number of aromatic amines is 1. The predicted octanol–water partition coefficient (Wildman–Crippen LogP) is 2.19. The maximum absolute atomic E-state index is 15.0. The number of hydrogen-bond acceptors (Lipinski definition) is 13. The van der Waals surface area contributed by atoms with Gasteiger partial charge in [-0.3, -0.25) is 57.4 Å². The molecule has 5 aromatic rings. The number of rotatable bonds is 19. The van der Waals surface area contributed by atoms with Crippen LogP contribution < -0.4 is 32.7 Å². The Labute approximate surface area is 466 Å². The molecule has 9 N–H and O–H groups in total. The SMILES string of the molecule is Cn1c(=O)n(C2CCC(=O)NC2=O)c2ccc(CC3CCC(CCN4CC[C@H]5CC[C@@H](C(=O)N[C@@H](CCC(N)=O)C(=O)NCc6ccc(S(C)(=O)=O)cc6)N5C(=O)[C@@H](NC(=O)c5cc6cc(C(=O)P(=O)(O)O)ccc6[nH]5)C4)CC3)cc21. The first-order valence-corrected chi connectivity index (χ1v) is 30.7. The van der Waals surface area contributed by atoms with Crippen molar-refractivity contribution in [3.05, 3.63) is 99.6 Å². The van der Waals surface area contributed by atoms with Gasteiger partial charge in [-0.25, -0.2) is 13.2 Å². The lowest BCUT2D eigenvalue weighted by Gasteiger charge is -2.39. The molecule has 2 aromatic heterocycles. The molecule has 4 aliphatic rings. The summed E-state index contributed by atoms with van der Waals surface area (Å²) in [6.45, 7) is 1.20. The van der Waals surface area contributed by atoms with Crippen molar-refractivity contribution in [1.29, 1.82) is 0 Å². The highest BCUT2D eigenvalue weighted by Gasteiger charge is 2.46. The molecule has 26 heteroatoms. The molecule has 5 heterocycles. The van der Waals surface area contributed by atoms with Crippen molar-refractivity contribution in [3.63, 3.8) is 0 Å². The second-order valence-corrected chi connectivity index (χ2v) is 25.5. The smallest absolute Gasteiger partial charge is 0.370 e. The fourth-order valence-corrected chi connectivity index (χ4v) is 13.1. The molecule has 4 fully saturated rings. The molecule has 24 nitrogen and oxygen atoms in total. The normalized spacial score (nSPS) is 22.4. The van der Waals surface area contributed by atoms with Crippen molar-refractivity contribution in [2.45, 2.75) is 125 Å². The van der Waals surface area contributed by atoms with Gasteiger partial charge in [0.15, 0.2) is 9.84 Å². The summed E-state index contributed by atoms with van der Waals surface area (Å²) in [5.41, 5.74) is 6.89. The lowest BCUT2D eigenvalue weighted by atomic mass is 9.78. The molecule has 9 rings (SSSR count). The minimum absolute atomic E-state index is 0.000420. The van der Waals surface area contributed by atoms with Gasteiger partial charge in [0.25, 0.3) is 11.4 Å². The van der Waals surface area contributed by atoms with Gasteiger partial charge >= 0.3 is 13.3 Å². The summed E-state index contributed by atoms with van der Waals surface area (Å²) in [4.78, 5) is 145. The molecule has 3 aromatic carbocycles. The van der Waals surface area contributed by atoms with Crippen molar-refractivity contribution < 1.29 is 61.1 Å². The minimum atomic E-state index is -5.11. The van der Waals surface area contributed by atoms with Gasteiger partial charge in [0.1, 0.15) is 29.9 Å². The Morgan fingerprint density at radius 1 is 0.852 bits per heavy atom. The van der Waals surface area contributed by atoms with Crippen molar-refractivity contribution in [2.24, 2.45) is 24.6 Å². The fraction of sp³-hybridized carbons (Fsp3) is 0.473. The summed E-state index contributed by atoms with van der Waals surface area (Å²) in [6.07, 6.45) is 7.79. The van der Waals surface area contributed by atoms with E-state index in [1.165, 1.54) is 45.9 Å². The fourth-order valence-electron chi connectivity index (χ4n) is 12.0. The van der Waals surface area contributed by atoms with E-state index in [1.54, 1.807) is 23.7 Å². The zero-order valence-electron chi connectivity index (χ0n) is 44.9. The van der Waals surface area contributed by atoms with E-state index >= 15 is 4.79 Å². The van der Waals surface area contributed by atoms with Gasteiger partial charge in [0.2, 0.25) is 35.4 Å². The molecule has 3 saturated heterocycles. The van der Waals surface area contributed by atoms with E-state index in [2.05, 4.69) is 31.2 Å². The summed E-state index contributed by atoms with van der Waals surface area (Å²) >= 11 is 0. The van der Waals surface area contributed by atoms with Crippen LogP contribution in [0, 0.1) is 11.8 Å². The standard InChI is InChI=1S/C55H67N10O14PS/c1-62-46-26-34(9-16-43(46)65(55(62)74)45-18-20-48(67)61-52(45)71)25-32-5-3-31(4-6-32)21-23-63-24-22-37-11-17-44(51(70)59-40(15-19-47(56)66)49(68)57-29-33-7-12-38(13-8-33)81(2,78)79)64(37)53(72)42(30-63)60-50(69)41-28-36-27-35(10-14-39(36)58-41)54(73)80(75,76)77/h7-10,12-14,16,26-28,31-32,37,40,42,44-45,58H,3-6,11,15,17-25,29-30H2,1-2H3,(H2,56,66)(H,57,68)(H,59,70)(H,60,69)(H,61,67,71)(H2,75,76,77)/t31?,32?,37-,40+,42+,44+,45?/m1/s1. The second-order valence-electron chi connectivity index (χ2n) is 22.0. The third kappa shape index (κ3) is 13.4. The van der Waals surface area contributed by atoms with Crippen LogP contribution in [0.25, 0.3) is 21.9 Å². The second kappa shape index (κ2) is 24.0. The molecule has 0 bridgehead atoms. The first-order chi connectivity index (χ1) is 38.4. The number of imidazole rings is 1. The topological polar surface area (TPSA) is 352 Å². The van der Waals surface area contributed by atoms with E-state index in [0.717, 1.165) is 50.3 Å². The highest BCUT2D eigenvalue weighted by Crippen LogP contribution is 2.40. The third-order valence-corrected chi connectivity index (χ3v) is 18.3. The van der Waals surface area contributed by atoms with E-state index in [9.17, 15) is 61.1 Å². The maximum atomic E-state index is 15.0. The number of nitrogens with zero attached hydrogens (tertiary/aromatic N) is 4. The molecule has 7 amide bonds. The van der Waals surface area contributed by atoms with Crippen LogP contribution in [0.3, 0.4) is 0 Å². The summed E-state index contributed by atoms with van der Waals surface area (Å²) in [5, 5.41) is 11.0. The number of hydrogen-bond donors (Lipinski definition) is 8. The van der Waals surface area contributed by atoms with Crippen molar-refractivity contribution >= 4 is 86.2 Å². The number of primary amides is 1. The van der Waals surface area contributed by atoms with Crippen LogP contribution in [-0.4, -0.2) is 139 Å². The molecule has 81 heavy (non-hydrogen) atoms. The molecule has 1 unspecified atom stereocenters. The maximum Gasteiger partial charge on any atom is 0.396 e. The first-order valence-electron chi connectivity index (χ1n) is 27.2. The van der Waals surface area contributed by atoms with Crippen LogP contribution in [0.4, 0.5) is 0 Å². The zero-order chi connectivity index (χ0) is 58.1. The number of aryl methyl sites for hydroxylation is 1. The van der Waals surface area contributed by atoms with Crippen LogP contribution in [-0.2, 0) is 63.2 Å². The highest BCUT2D eigenvalue weighted by atomic mass is 32.2. The van der Waals surface area contributed by atoms with Crippen LogP contribution in [0.15, 0.2) is 76.4 Å². The van der Waals surface area contributed by atoms with E-state index in [0.29, 0.717) is 65.3 Å². The lowest BCUT2D eigenvalue weighted by Crippen LogP contribution is -2.61. The minimum Gasteiger partial charge on any atom is -0.370 e. The highest BCUT2D eigenvalue weighted by molar-refractivity contribution is 7.90. The number of carbonyl (C=O) groups excluding carboxylic acids is 8. The van der Waals surface area contributed by atoms with E-state index < -0.39 is 88.6 Å². The van der Waals surface area contributed by atoms with Gasteiger partial charge in [-0.15, -0.1) is 0 Å². The first kappa shape index (κ1) is 58.3. The molecular formula is C55H67N10O14PS.